The molecule has 1 aliphatic carbocycles. The Kier molecular flexibility index (Phi) is 5.97. The zero-order valence-corrected chi connectivity index (χ0v) is 14.3. The van der Waals surface area contributed by atoms with Crippen LogP contribution in [0.5, 0.6) is 5.75 Å². The third-order valence-corrected chi connectivity index (χ3v) is 4.45. The van der Waals surface area contributed by atoms with Crippen LogP contribution in [0.25, 0.3) is 5.57 Å². The van der Waals surface area contributed by atoms with Gasteiger partial charge < -0.3 is 5.11 Å². The zero-order valence-electron chi connectivity index (χ0n) is 14.3. The van der Waals surface area contributed by atoms with Gasteiger partial charge in [-0.1, -0.05) is 45.4 Å². The summed E-state index contributed by atoms with van der Waals surface area (Å²) in [6.45, 7) is 6.50. The molecule has 0 amide bonds. The Morgan fingerprint density at radius 2 is 1.78 bits per heavy atom. The smallest absolute Gasteiger partial charge is 0.178 e. The van der Waals surface area contributed by atoms with Crippen molar-refractivity contribution in [3.8, 4) is 5.75 Å². The Bertz CT molecular complexity index is 644. The number of rotatable bonds is 6. The Balaban J connectivity index is 2.50. The summed E-state index contributed by atoms with van der Waals surface area (Å²) in [6, 6.07) is 5.88. The molecule has 1 N–H and O–H groups in total. The lowest BCUT2D eigenvalue weighted by atomic mass is 9.89. The van der Waals surface area contributed by atoms with Crippen LogP contribution < -0.4 is 0 Å². The van der Waals surface area contributed by atoms with Gasteiger partial charge in [-0.2, -0.15) is 0 Å². The van der Waals surface area contributed by atoms with Crippen LogP contribution in [0.3, 0.4) is 0 Å². The van der Waals surface area contributed by atoms with Crippen molar-refractivity contribution in [1.29, 1.82) is 0 Å². The molecule has 0 saturated carbocycles. The van der Waals surface area contributed by atoms with Crippen molar-refractivity contribution in [1.82, 2.24) is 0 Å². The van der Waals surface area contributed by atoms with Crippen molar-refractivity contribution < 1.29 is 9.90 Å². The molecule has 1 aromatic carbocycles. The first-order chi connectivity index (χ1) is 11.0. The lowest BCUT2D eigenvalue weighted by Crippen LogP contribution is -1.98. The van der Waals surface area contributed by atoms with Gasteiger partial charge in [-0.05, 0) is 71.7 Å². The van der Waals surface area contributed by atoms with Gasteiger partial charge in [0.1, 0.15) is 5.75 Å². The minimum atomic E-state index is 0.0276. The van der Waals surface area contributed by atoms with Crippen molar-refractivity contribution in [2.45, 2.75) is 52.4 Å². The Morgan fingerprint density at radius 1 is 1.09 bits per heavy atom. The maximum absolute atomic E-state index is 11.4. The first kappa shape index (κ1) is 17.3. The molecule has 1 unspecified atom stereocenters. The molecule has 2 nitrogen and oxygen atoms in total. The standard InChI is InChI=1S/C21H26O2/c1-4-6-7-21(16-8-10-19(22)11-9-16)18-12-17(15(3)5-2)13-20(23)14-18/h8-15,23H,4-7H2,1-3H3. The average molecular weight is 310 g/mol. The molecule has 122 valence electrons. The first-order valence-corrected chi connectivity index (χ1v) is 8.52. The minimum absolute atomic E-state index is 0.0276. The molecule has 0 aromatic heterocycles. The van der Waals surface area contributed by atoms with Crippen molar-refractivity contribution in [2.75, 3.05) is 0 Å². The number of ketones is 1. The SMILES string of the molecule is CCCCC(=C1C=CC(=O)C=C1)c1cc(O)cc(C(C)CC)c1. The molecule has 0 heterocycles. The van der Waals surface area contributed by atoms with E-state index in [-0.39, 0.29) is 5.78 Å². The number of benzene rings is 1. The van der Waals surface area contributed by atoms with Crippen molar-refractivity contribution >= 4 is 11.4 Å². The highest BCUT2D eigenvalue weighted by Gasteiger charge is 2.13. The van der Waals surface area contributed by atoms with E-state index in [2.05, 4.69) is 26.8 Å². The first-order valence-electron chi connectivity index (χ1n) is 8.52. The van der Waals surface area contributed by atoms with Gasteiger partial charge in [0.15, 0.2) is 5.78 Å². The average Bonchev–Trinajstić information content (AvgIpc) is 2.55. The third kappa shape index (κ3) is 4.44. The highest BCUT2D eigenvalue weighted by atomic mass is 16.3. The number of hydrogen-bond acceptors (Lipinski definition) is 2. The van der Waals surface area contributed by atoms with Crippen LogP contribution in [0.2, 0.25) is 0 Å². The van der Waals surface area contributed by atoms with E-state index in [9.17, 15) is 9.90 Å². The Labute approximate surface area is 139 Å². The summed E-state index contributed by atoms with van der Waals surface area (Å²) in [5.41, 5.74) is 4.50. The van der Waals surface area contributed by atoms with E-state index in [0.29, 0.717) is 11.7 Å². The third-order valence-electron chi connectivity index (χ3n) is 4.45. The maximum atomic E-state index is 11.4. The summed E-state index contributed by atoms with van der Waals surface area (Å²) < 4.78 is 0. The topological polar surface area (TPSA) is 37.3 Å². The van der Waals surface area contributed by atoms with E-state index in [0.717, 1.165) is 42.4 Å². The van der Waals surface area contributed by atoms with E-state index in [4.69, 9.17) is 0 Å². The van der Waals surface area contributed by atoms with Crippen LogP contribution in [0, 0.1) is 0 Å². The van der Waals surface area contributed by atoms with Crippen LogP contribution in [0.15, 0.2) is 48.1 Å². The summed E-state index contributed by atoms with van der Waals surface area (Å²) in [4.78, 5) is 11.4. The highest BCUT2D eigenvalue weighted by Crippen LogP contribution is 2.33. The van der Waals surface area contributed by atoms with Crippen LogP contribution in [-0.4, -0.2) is 10.9 Å². The molecule has 2 heteroatoms. The fourth-order valence-corrected chi connectivity index (χ4v) is 2.79. The lowest BCUT2D eigenvalue weighted by Gasteiger charge is -2.16. The molecule has 2 rings (SSSR count). The van der Waals surface area contributed by atoms with Crippen LogP contribution in [-0.2, 0) is 4.79 Å². The van der Waals surface area contributed by atoms with Crippen molar-refractivity contribution in [3.63, 3.8) is 0 Å². The molecule has 0 aliphatic heterocycles. The highest BCUT2D eigenvalue weighted by molar-refractivity contribution is 6.02. The number of aromatic hydroxyl groups is 1. The number of carbonyl (C=O) groups is 1. The van der Waals surface area contributed by atoms with Crippen LogP contribution in [0.4, 0.5) is 0 Å². The molecule has 1 aliphatic rings. The number of allylic oxidation sites excluding steroid dienone is 6. The fourth-order valence-electron chi connectivity index (χ4n) is 2.79. The van der Waals surface area contributed by atoms with Gasteiger partial charge in [0.05, 0.1) is 0 Å². The van der Waals surface area contributed by atoms with Gasteiger partial charge in [0.25, 0.3) is 0 Å². The molecule has 0 saturated heterocycles. The zero-order chi connectivity index (χ0) is 16.8. The molecule has 1 aromatic rings. The fraction of sp³-hybridized carbons (Fsp3) is 0.381. The van der Waals surface area contributed by atoms with Gasteiger partial charge in [-0.15, -0.1) is 0 Å². The molecular formula is C21H26O2. The van der Waals surface area contributed by atoms with E-state index in [1.807, 2.05) is 24.3 Å². The predicted octanol–water partition coefficient (Wildman–Crippen LogP) is 5.54. The molecular weight excluding hydrogens is 284 g/mol. The van der Waals surface area contributed by atoms with E-state index < -0.39 is 0 Å². The van der Waals surface area contributed by atoms with Gasteiger partial charge in [-0.25, -0.2) is 0 Å². The van der Waals surface area contributed by atoms with E-state index in [1.165, 1.54) is 5.57 Å². The van der Waals surface area contributed by atoms with Crippen LogP contribution in [0.1, 0.15) is 63.5 Å². The monoisotopic (exact) mass is 310 g/mol. The van der Waals surface area contributed by atoms with Gasteiger partial charge >= 0.3 is 0 Å². The van der Waals surface area contributed by atoms with Crippen molar-refractivity contribution in [2.24, 2.45) is 0 Å². The predicted molar refractivity (Wildman–Crippen MR) is 96.5 cm³/mol. The van der Waals surface area contributed by atoms with Gasteiger partial charge in [-0.3, -0.25) is 4.79 Å². The normalized spacial score (nSPS) is 15.1. The van der Waals surface area contributed by atoms with Gasteiger partial charge in [0, 0.05) is 0 Å². The molecule has 23 heavy (non-hydrogen) atoms. The number of phenols is 1. The van der Waals surface area contributed by atoms with E-state index in [1.54, 1.807) is 12.2 Å². The van der Waals surface area contributed by atoms with Gasteiger partial charge in [0.2, 0.25) is 0 Å². The summed E-state index contributed by atoms with van der Waals surface area (Å²) >= 11 is 0. The quantitative estimate of drug-likeness (QED) is 0.748. The summed E-state index contributed by atoms with van der Waals surface area (Å²) in [5, 5.41) is 10.1. The van der Waals surface area contributed by atoms with Crippen molar-refractivity contribution in [3.05, 3.63) is 59.2 Å². The second kappa shape index (κ2) is 7.96. The lowest BCUT2D eigenvalue weighted by molar-refractivity contribution is -0.110. The molecule has 1 atom stereocenters. The second-order valence-corrected chi connectivity index (χ2v) is 6.23. The number of phenolic OH excluding ortho intramolecular Hbond substituents is 1. The Morgan fingerprint density at radius 3 is 2.39 bits per heavy atom. The largest absolute Gasteiger partial charge is 0.508 e. The minimum Gasteiger partial charge on any atom is -0.508 e. The second-order valence-electron chi connectivity index (χ2n) is 6.23. The summed E-state index contributed by atoms with van der Waals surface area (Å²) in [7, 11) is 0. The molecule has 0 radical (unpaired) electrons. The Hall–Kier alpha value is -2.09. The number of unbranched alkanes of at least 4 members (excludes halogenated alkanes) is 1. The summed E-state index contributed by atoms with van der Waals surface area (Å²) in [5.74, 6) is 0.754. The molecule has 0 spiro atoms. The number of hydrogen-bond donors (Lipinski definition) is 1. The molecule has 0 bridgehead atoms. The molecule has 0 fully saturated rings. The number of carbonyl (C=O) groups excluding carboxylic acids is 1. The maximum Gasteiger partial charge on any atom is 0.178 e. The summed E-state index contributed by atoms with van der Waals surface area (Å²) in [6.07, 6.45) is 11.2. The van der Waals surface area contributed by atoms with Crippen LogP contribution >= 0.6 is 0 Å². The van der Waals surface area contributed by atoms with E-state index >= 15 is 0 Å².